The molecule has 2 rings (SSSR count). The van der Waals surface area contributed by atoms with Crippen LogP contribution < -0.4 is 10.1 Å². The summed E-state index contributed by atoms with van der Waals surface area (Å²) in [5.41, 5.74) is 1.18. The minimum Gasteiger partial charge on any atom is -0.494 e. The first kappa shape index (κ1) is 16.3. The Kier molecular flexibility index (Phi) is 5.65. The molecule has 0 aromatic heterocycles. The van der Waals surface area contributed by atoms with Gasteiger partial charge in [0.2, 0.25) is 0 Å². The number of hydrogen-bond acceptors (Lipinski definition) is 3. The fraction of sp³-hybridized carbons (Fsp3) is 0.667. The van der Waals surface area contributed by atoms with E-state index >= 15 is 0 Å². The number of hydrogen-bond donors (Lipinski definition) is 2. The van der Waals surface area contributed by atoms with Crippen LogP contribution in [-0.2, 0) is 0 Å². The highest BCUT2D eigenvalue weighted by molar-refractivity contribution is 5.28. The molecule has 1 aromatic rings. The largest absolute Gasteiger partial charge is 0.494 e. The van der Waals surface area contributed by atoms with Gasteiger partial charge < -0.3 is 15.2 Å². The van der Waals surface area contributed by atoms with Gasteiger partial charge in [-0.3, -0.25) is 0 Å². The molecule has 118 valence electrons. The van der Waals surface area contributed by atoms with E-state index in [0.29, 0.717) is 18.6 Å². The highest BCUT2D eigenvalue weighted by atomic mass is 16.5. The van der Waals surface area contributed by atoms with Crippen molar-refractivity contribution in [1.29, 1.82) is 0 Å². The van der Waals surface area contributed by atoms with Crippen LogP contribution in [0.4, 0.5) is 0 Å². The number of benzene rings is 1. The lowest BCUT2D eigenvalue weighted by Crippen LogP contribution is -2.47. The Morgan fingerprint density at radius 1 is 1.29 bits per heavy atom. The highest BCUT2D eigenvalue weighted by Crippen LogP contribution is 2.25. The van der Waals surface area contributed by atoms with Gasteiger partial charge >= 0.3 is 0 Å². The molecule has 1 saturated carbocycles. The second-order valence-corrected chi connectivity index (χ2v) is 6.81. The third-order valence-corrected chi connectivity index (χ3v) is 4.17. The molecule has 1 aliphatic carbocycles. The van der Waals surface area contributed by atoms with Gasteiger partial charge in [-0.05, 0) is 56.2 Å². The van der Waals surface area contributed by atoms with Gasteiger partial charge in [-0.25, -0.2) is 0 Å². The fourth-order valence-corrected chi connectivity index (χ4v) is 2.52. The van der Waals surface area contributed by atoms with E-state index in [0.717, 1.165) is 18.6 Å². The average Bonchev–Trinajstić information content (AvgIpc) is 3.28. The van der Waals surface area contributed by atoms with Crippen LogP contribution in [0.3, 0.4) is 0 Å². The van der Waals surface area contributed by atoms with E-state index in [1.54, 1.807) is 0 Å². The van der Waals surface area contributed by atoms with Crippen LogP contribution in [0.15, 0.2) is 24.3 Å². The molecule has 1 aliphatic rings. The Balaban J connectivity index is 1.70. The molecule has 0 amide bonds. The molecule has 1 aromatic carbocycles. The summed E-state index contributed by atoms with van der Waals surface area (Å²) in [6, 6.07) is 8.97. The summed E-state index contributed by atoms with van der Waals surface area (Å²) >= 11 is 0. The van der Waals surface area contributed by atoms with Crippen LogP contribution in [0, 0.1) is 0 Å². The Hall–Kier alpha value is -1.06. The molecular weight excluding hydrogens is 262 g/mol. The van der Waals surface area contributed by atoms with Crippen molar-refractivity contribution in [2.24, 2.45) is 0 Å². The monoisotopic (exact) mass is 291 g/mol. The molecule has 3 nitrogen and oxygen atoms in total. The van der Waals surface area contributed by atoms with E-state index in [1.807, 2.05) is 12.1 Å². The Morgan fingerprint density at radius 3 is 2.48 bits per heavy atom. The molecular formula is C18H29NO2. The predicted molar refractivity (Wildman–Crippen MR) is 86.9 cm³/mol. The standard InChI is InChI=1S/C18H29NO2/c1-14(2)15-5-9-17(10-6-15)21-12-4-11-18(3,13-20)19-16-7-8-16/h5-6,9-10,14,16,19-20H,4,7-8,11-13H2,1-3H3. The van der Waals surface area contributed by atoms with Crippen LogP contribution in [0.1, 0.15) is 57.9 Å². The van der Waals surface area contributed by atoms with Crippen molar-refractivity contribution in [2.45, 2.75) is 64.0 Å². The molecule has 0 bridgehead atoms. The summed E-state index contributed by atoms with van der Waals surface area (Å²) in [5, 5.41) is 13.1. The van der Waals surface area contributed by atoms with Crippen molar-refractivity contribution in [3.8, 4) is 5.75 Å². The van der Waals surface area contributed by atoms with Crippen molar-refractivity contribution >= 4 is 0 Å². The summed E-state index contributed by atoms with van der Waals surface area (Å²) in [6.45, 7) is 7.37. The Labute approximate surface area is 128 Å². The van der Waals surface area contributed by atoms with Crippen LogP contribution in [0.5, 0.6) is 5.75 Å². The molecule has 0 radical (unpaired) electrons. The first-order chi connectivity index (χ1) is 10.0. The molecule has 2 N–H and O–H groups in total. The van der Waals surface area contributed by atoms with Crippen LogP contribution in [0.25, 0.3) is 0 Å². The number of rotatable bonds is 9. The summed E-state index contributed by atoms with van der Waals surface area (Å²) in [7, 11) is 0. The second kappa shape index (κ2) is 7.28. The molecule has 1 fully saturated rings. The smallest absolute Gasteiger partial charge is 0.119 e. The molecule has 1 unspecified atom stereocenters. The fourth-order valence-electron chi connectivity index (χ4n) is 2.52. The number of aliphatic hydroxyl groups excluding tert-OH is 1. The Morgan fingerprint density at radius 2 is 1.95 bits per heavy atom. The maximum absolute atomic E-state index is 9.56. The molecule has 0 saturated heterocycles. The summed E-state index contributed by atoms with van der Waals surface area (Å²) in [4.78, 5) is 0. The maximum Gasteiger partial charge on any atom is 0.119 e. The van der Waals surface area contributed by atoms with E-state index in [2.05, 4.69) is 38.2 Å². The lowest BCUT2D eigenvalue weighted by Gasteiger charge is -2.29. The maximum atomic E-state index is 9.56. The SMILES string of the molecule is CC(C)c1ccc(OCCCC(C)(CO)NC2CC2)cc1. The van der Waals surface area contributed by atoms with E-state index in [-0.39, 0.29) is 12.1 Å². The van der Waals surface area contributed by atoms with E-state index in [9.17, 15) is 5.11 Å². The minimum atomic E-state index is -0.161. The first-order valence-corrected chi connectivity index (χ1v) is 8.14. The molecule has 3 heteroatoms. The summed E-state index contributed by atoms with van der Waals surface area (Å²) < 4.78 is 5.79. The van der Waals surface area contributed by atoms with E-state index < -0.39 is 0 Å². The zero-order valence-corrected chi connectivity index (χ0v) is 13.6. The lowest BCUT2D eigenvalue weighted by atomic mass is 9.97. The van der Waals surface area contributed by atoms with Crippen molar-refractivity contribution in [3.63, 3.8) is 0 Å². The van der Waals surface area contributed by atoms with E-state index in [4.69, 9.17) is 4.74 Å². The van der Waals surface area contributed by atoms with Gasteiger partial charge in [-0.2, -0.15) is 0 Å². The molecule has 1 atom stereocenters. The molecule has 21 heavy (non-hydrogen) atoms. The zero-order valence-electron chi connectivity index (χ0n) is 13.6. The van der Waals surface area contributed by atoms with Crippen molar-refractivity contribution < 1.29 is 9.84 Å². The van der Waals surface area contributed by atoms with Gasteiger partial charge in [-0.1, -0.05) is 26.0 Å². The van der Waals surface area contributed by atoms with Gasteiger partial charge in [0.05, 0.1) is 13.2 Å². The zero-order chi connectivity index (χ0) is 15.3. The number of nitrogens with one attached hydrogen (secondary N) is 1. The summed E-state index contributed by atoms with van der Waals surface area (Å²) in [5.74, 6) is 1.48. The minimum absolute atomic E-state index is 0.161. The summed E-state index contributed by atoms with van der Waals surface area (Å²) in [6.07, 6.45) is 4.37. The third-order valence-electron chi connectivity index (χ3n) is 4.17. The quantitative estimate of drug-likeness (QED) is 0.685. The van der Waals surface area contributed by atoms with E-state index in [1.165, 1.54) is 18.4 Å². The normalized spacial score (nSPS) is 17.8. The van der Waals surface area contributed by atoms with Crippen LogP contribution in [-0.4, -0.2) is 29.9 Å². The van der Waals surface area contributed by atoms with Gasteiger partial charge in [-0.15, -0.1) is 0 Å². The topological polar surface area (TPSA) is 41.5 Å². The van der Waals surface area contributed by atoms with Gasteiger partial charge in [0, 0.05) is 11.6 Å². The molecule has 0 aliphatic heterocycles. The van der Waals surface area contributed by atoms with Gasteiger partial charge in [0.15, 0.2) is 0 Å². The van der Waals surface area contributed by atoms with Crippen LogP contribution >= 0.6 is 0 Å². The lowest BCUT2D eigenvalue weighted by molar-refractivity contribution is 0.154. The van der Waals surface area contributed by atoms with Crippen molar-refractivity contribution in [1.82, 2.24) is 5.32 Å². The Bertz CT molecular complexity index is 425. The average molecular weight is 291 g/mol. The third kappa shape index (κ3) is 5.33. The van der Waals surface area contributed by atoms with Crippen molar-refractivity contribution in [3.05, 3.63) is 29.8 Å². The van der Waals surface area contributed by atoms with Crippen LogP contribution in [0.2, 0.25) is 0 Å². The first-order valence-electron chi connectivity index (χ1n) is 8.14. The molecule has 0 spiro atoms. The second-order valence-electron chi connectivity index (χ2n) is 6.81. The highest BCUT2D eigenvalue weighted by Gasteiger charge is 2.31. The van der Waals surface area contributed by atoms with Gasteiger partial charge in [0.25, 0.3) is 0 Å². The molecule has 0 heterocycles. The number of aliphatic hydroxyl groups is 1. The van der Waals surface area contributed by atoms with Crippen molar-refractivity contribution in [2.75, 3.05) is 13.2 Å². The predicted octanol–water partition coefficient (Wildman–Crippen LogP) is 3.47. The van der Waals surface area contributed by atoms with Gasteiger partial charge in [0.1, 0.15) is 5.75 Å². The number of ether oxygens (including phenoxy) is 1.